The molecule has 0 spiro atoms. The number of aliphatic imine (C=N–C) groups is 1. The summed E-state index contributed by atoms with van der Waals surface area (Å²) in [4.78, 5) is 9.73. The lowest BCUT2D eigenvalue weighted by Crippen LogP contribution is -2.53. The minimum absolute atomic E-state index is 0.226. The Balaban J connectivity index is 1.59. The van der Waals surface area contributed by atoms with Crippen molar-refractivity contribution in [2.24, 2.45) is 10.4 Å². The first kappa shape index (κ1) is 17.1. The fourth-order valence-electron chi connectivity index (χ4n) is 3.23. The summed E-state index contributed by atoms with van der Waals surface area (Å²) >= 11 is 0. The van der Waals surface area contributed by atoms with Crippen LogP contribution in [0.4, 0.5) is 5.69 Å². The number of hydrogen-bond acceptors (Lipinski definition) is 3. The van der Waals surface area contributed by atoms with Crippen LogP contribution in [0.1, 0.15) is 19.4 Å². The summed E-state index contributed by atoms with van der Waals surface area (Å²) in [6.07, 6.45) is 0. The molecule has 2 aliphatic heterocycles. The van der Waals surface area contributed by atoms with Crippen LogP contribution in [-0.2, 0) is 4.74 Å². The minimum Gasteiger partial charge on any atom is -0.380 e. The van der Waals surface area contributed by atoms with E-state index in [2.05, 4.69) is 60.2 Å². The van der Waals surface area contributed by atoms with Crippen molar-refractivity contribution in [3.8, 4) is 0 Å². The Morgan fingerprint density at radius 3 is 2.58 bits per heavy atom. The molecule has 0 unspecified atom stereocenters. The Morgan fingerprint density at radius 2 is 2.00 bits per heavy atom. The largest absolute Gasteiger partial charge is 0.380 e. The molecule has 2 saturated heterocycles. The number of nitrogens with zero attached hydrogens (tertiary/aromatic N) is 3. The average molecular weight is 330 g/mol. The first-order valence-electron chi connectivity index (χ1n) is 9.02. The van der Waals surface area contributed by atoms with Crippen LogP contribution in [0.3, 0.4) is 0 Å². The van der Waals surface area contributed by atoms with E-state index in [-0.39, 0.29) is 5.41 Å². The zero-order valence-electron chi connectivity index (χ0n) is 15.2. The zero-order chi connectivity index (χ0) is 17.0. The number of aryl methyl sites for hydroxylation is 1. The molecule has 0 bridgehead atoms. The third kappa shape index (κ3) is 4.01. The monoisotopic (exact) mass is 330 g/mol. The molecule has 1 N–H and O–H groups in total. The van der Waals surface area contributed by atoms with Crippen molar-refractivity contribution in [1.29, 1.82) is 0 Å². The molecule has 24 heavy (non-hydrogen) atoms. The van der Waals surface area contributed by atoms with E-state index in [4.69, 9.17) is 9.73 Å². The van der Waals surface area contributed by atoms with Gasteiger partial charge in [-0.05, 0) is 31.5 Å². The molecule has 0 aliphatic carbocycles. The molecular weight excluding hydrogens is 300 g/mol. The SMILES string of the molecule is CCNC(=NCC1(C)COC1)N1CCN(c2cccc(C)c2)CC1. The molecule has 0 aromatic heterocycles. The molecule has 0 saturated carbocycles. The van der Waals surface area contributed by atoms with Gasteiger partial charge in [0.05, 0.1) is 19.8 Å². The maximum Gasteiger partial charge on any atom is 0.194 e. The molecule has 132 valence electrons. The van der Waals surface area contributed by atoms with E-state index in [9.17, 15) is 0 Å². The number of piperazine rings is 1. The zero-order valence-corrected chi connectivity index (χ0v) is 15.2. The molecule has 0 amide bonds. The fraction of sp³-hybridized carbons (Fsp3) is 0.632. The van der Waals surface area contributed by atoms with Gasteiger partial charge in [0.2, 0.25) is 0 Å². The third-order valence-corrected chi connectivity index (χ3v) is 4.79. The predicted molar refractivity (Wildman–Crippen MR) is 99.9 cm³/mol. The summed E-state index contributed by atoms with van der Waals surface area (Å²) < 4.78 is 5.34. The van der Waals surface area contributed by atoms with Crippen molar-refractivity contribution in [3.63, 3.8) is 0 Å². The Morgan fingerprint density at radius 1 is 1.25 bits per heavy atom. The van der Waals surface area contributed by atoms with Crippen molar-refractivity contribution in [2.75, 3.05) is 57.4 Å². The molecule has 2 heterocycles. The van der Waals surface area contributed by atoms with Crippen molar-refractivity contribution in [3.05, 3.63) is 29.8 Å². The van der Waals surface area contributed by atoms with Crippen molar-refractivity contribution in [2.45, 2.75) is 20.8 Å². The number of guanidine groups is 1. The van der Waals surface area contributed by atoms with Crippen molar-refractivity contribution in [1.82, 2.24) is 10.2 Å². The molecule has 5 nitrogen and oxygen atoms in total. The van der Waals surface area contributed by atoms with Crippen molar-refractivity contribution >= 4 is 11.6 Å². The Hall–Kier alpha value is -1.75. The summed E-state index contributed by atoms with van der Waals surface area (Å²) in [6.45, 7) is 14.0. The first-order chi connectivity index (χ1) is 11.6. The van der Waals surface area contributed by atoms with E-state index < -0.39 is 0 Å². The highest BCUT2D eigenvalue weighted by molar-refractivity contribution is 5.80. The Bertz CT molecular complexity index is 574. The Kier molecular flexibility index (Phi) is 5.29. The van der Waals surface area contributed by atoms with Crippen LogP contribution < -0.4 is 10.2 Å². The van der Waals surface area contributed by atoms with Gasteiger partial charge in [-0.1, -0.05) is 19.1 Å². The second-order valence-corrected chi connectivity index (χ2v) is 7.29. The minimum atomic E-state index is 0.226. The van der Waals surface area contributed by atoms with Crippen LogP contribution in [0.5, 0.6) is 0 Å². The van der Waals surface area contributed by atoms with E-state index in [1.807, 2.05) is 0 Å². The normalized spacial score (nSPS) is 20.7. The molecule has 1 aromatic rings. The summed E-state index contributed by atoms with van der Waals surface area (Å²) in [5.74, 6) is 1.05. The molecular formula is C19H30N4O. The van der Waals surface area contributed by atoms with Crippen LogP contribution >= 0.6 is 0 Å². The van der Waals surface area contributed by atoms with Crippen LogP contribution in [0.25, 0.3) is 0 Å². The van der Waals surface area contributed by atoms with E-state index in [1.165, 1.54) is 11.3 Å². The van der Waals surface area contributed by atoms with Crippen LogP contribution in [0, 0.1) is 12.3 Å². The summed E-state index contributed by atoms with van der Waals surface area (Å²) in [7, 11) is 0. The standard InChI is InChI=1S/C19H30N4O/c1-4-20-18(21-13-19(3)14-24-15-19)23-10-8-22(9-11-23)17-7-5-6-16(2)12-17/h5-7,12H,4,8-11,13-15H2,1-3H3,(H,20,21). The highest BCUT2D eigenvalue weighted by Gasteiger charge is 2.33. The van der Waals surface area contributed by atoms with Crippen LogP contribution in [0.2, 0.25) is 0 Å². The molecule has 0 atom stereocenters. The van der Waals surface area contributed by atoms with Gasteiger partial charge in [0.15, 0.2) is 5.96 Å². The lowest BCUT2D eigenvalue weighted by atomic mass is 9.89. The van der Waals surface area contributed by atoms with Gasteiger partial charge in [-0.3, -0.25) is 4.99 Å². The van der Waals surface area contributed by atoms with E-state index in [0.29, 0.717) is 0 Å². The average Bonchev–Trinajstić information content (AvgIpc) is 2.57. The second-order valence-electron chi connectivity index (χ2n) is 7.29. The number of hydrogen-bond donors (Lipinski definition) is 1. The number of ether oxygens (including phenoxy) is 1. The van der Waals surface area contributed by atoms with Gasteiger partial charge in [0, 0.05) is 43.8 Å². The quantitative estimate of drug-likeness (QED) is 0.678. The third-order valence-electron chi connectivity index (χ3n) is 4.79. The maximum absolute atomic E-state index is 5.34. The van der Waals surface area contributed by atoms with Crippen LogP contribution in [-0.4, -0.2) is 63.3 Å². The summed E-state index contributed by atoms with van der Waals surface area (Å²) in [5.41, 5.74) is 2.88. The van der Waals surface area contributed by atoms with Gasteiger partial charge in [-0.15, -0.1) is 0 Å². The number of anilines is 1. The van der Waals surface area contributed by atoms with E-state index >= 15 is 0 Å². The summed E-state index contributed by atoms with van der Waals surface area (Å²) in [6, 6.07) is 8.77. The molecule has 1 aromatic carbocycles. The smallest absolute Gasteiger partial charge is 0.194 e. The summed E-state index contributed by atoms with van der Waals surface area (Å²) in [5, 5.41) is 3.45. The first-order valence-corrected chi connectivity index (χ1v) is 9.02. The number of rotatable bonds is 4. The second kappa shape index (κ2) is 7.43. The fourth-order valence-corrected chi connectivity index (χ4v) is 3.23. The van der Waals surface area contributed by atoms with E-state index in [1.54, 1.807) is 0 Å². The number of nitrogens with one attached hydrogen (secondary N) is 1. The van der Waals surface area contributed by atoms with Crippen molar-refractivity contribution < 1.29 is 4.74 Å². The van der Waals surface area contributed by atoms with Gasteiger partial charge >= 0.3 is 0 Å². The lowest BCUT2D eigenvalue weighted by molar-refractivity contribution is -0.0946. The number of benzene rings is 1. The highest BCUT2D eigenvalue weighted by Crippen LogP contribution is 2.26. The van der Waals surface area contributed by atoms with Gasteiger partial charge in [0.1, 0.15) is 0 Å². The molecule has 0 radical (unpaired) electrons. The van der Waals surface area contributed by atoms with Crippen LogP contribution in [0.15, 0.2) is 29.3 Å². The van der Waals surface area contributed by atoms with Gasteiger partial charge in [-0.2, -0.15) is 0 Å². The molecule has 2 aliphatic rings. The molecule has 3 rings (SSSR count). The van der Waals surface area contributed by atoms with Gasteiger partial charge in [0.25, 0.3) is 0 Å². The molecule has 5 heteroatoms. The molecule has 2 fully saturated rings. The maximum atomic E-state index is 5.34. The topological polar surface area (TPSA) is 40.1 Å². The lowest BCUT2D eigenvalue weighted by Gasteiger charge is -2.39. The van der Waals surface area contributed by atoms with E-state index in [0.717, 1.165) is 58.4 Å². The van der Waals surface area contributed by atoms with Gasteiger partial charge < -0.3 is 19.9 Å². The van der Waals surface area contributed by atoms with Gasteiger partial charge in [-0.25, -0.2) is 0 Å². The Labute approximate surface area is 145 Å². The predicted octanol–water partition coefficient (Wildman–Crippen LogP) is 2.12. The highest BCUT2D eigenvalue weighted by atomic mass is 16.5.